The number of unbranched alkanes of at least 4 members (excludes halogenated alkanes) is 14. The molecule has 0 bridgehead atoms. The first-order valence-electron chi connectivity index (χ1n) is 17.9. The Morgan fingerprint density at radius 2 is 1.09 bits per heavy atom. The number of hydrogen-bond donors (Lipinski definition) is 0. The molecule has 4 nitrogen and oxygen atoms in total. The van der Waals surface area contributed by atoms with Crippen LogP contribution in [0.1, 0.15) is 141 Å². The predicted octanol–water partition coefficient (Wildman–Crippen LogP) is 12.7. The van der Waals surface area contributed by atoms with Gasteiger partial charge in [0.1, 0.15) is 22.1 Å². The van der Waals surface area contributed by atoms with Crippen molar-refractivity contribution in [1.29, 1.82) is 0 Å². The molecule has 238 valence electrons. The van der Waals surface area contributed by atoms with E-state index in [0.717, 1.165) is 22.1 Å². The summed E-state index contributed by atoms with van der Waals surface area (Å²) in [6, 6.07) is 18.3. The molecule has 6 heteroatoms. The van der Waals surface area contributed by atoms with Crippen LogP contribution in [0.4, 0.5) is 0 Å². The number of nitrogens with zero attached hydrogens (tertiary/aromatic N) is 4. The standard InChI is InChI=1S/C39H50N4S2/c1-3-5-7-9-11-13-15-17-26-39(27-18-16-14-12-10-8-6-4-2)32-24-25-35-38(43-45-41-35)36(32)31-23-22-29(28-33(31)39)30-20-19-21-34-37(30)42-44-40-34/h19-25,28H,3-18,26-27H2,1-2H3. The molecule has 5 aromatic rings. The third kappa shape index (κ3) is 7.02. The van der Waals surface area contributed by atoms with Gasteiger partial charge in [-0.3, -0.25) is 0 Å². The summed E-state index contributed by atoms with van der Waals surface area (Å²) in [6.07, 6.45) is 24.0. The molecule has 3 aromatic carbocycles. The van der Waals surface area contributed by atoms with Crippen molar-refractivity contribution >= 4 is 45.5 Å². The molecule has 0 N–H and O–H groups in total. The molecule has 1 aliphatic rings. The first-order chi connectivity index (χ1) is 22.3. The van der Waals surface area contributed by atoms with E-state index >= 15 is 0 Å². The van der Waals surface area contributed by atoms with Crippen molar-refractivity contribution in [2.45, 2.75) is 135 Å². The van der Waals surface area contributed by atoms with Crippen molar-refractivity contribution in [2.75, 3.05) is 0 Å². The highest BCUT2D eigenvalue weighted by atomic mass is 32.1. The summed E-state index contributed by atoms with van der Waals surface area (Å²) in [6.45, 7) is 4.61. The molecule has 0 spiro atoms. The molecule has 0 aliphatic heterocycles. The normalized spacial score (nSPS) is 13.6. The highest BCUT2D eigenvalue weighted by Gasteiger charge is 2.43. The molecule has 0 atom stereocenters. The summed E-state index contributed by atoms with van der Waals surface area (Å²) < 4.78 is 18.8. The second kappa shape index (κ2) is 15.7. The zero-order chi connectivity index (χ0) is 30.9. The molecule has 0 amide bonds. The zero-order valence-corrected chi connectivity index (χ0v) is 29.1. The molecule has 0 radical (unpaired) electrons. The highest BCUT2D eigenvalue weighted by Crippen LogP contribution is 2.56. The lowest BCUT2D eigenvalue weighted by Crippen LogP contribution is -2.25. The predicted molar refractivity (Wildman–Crippen MR) is 194 cm³/mol. The molecule has 2 heterocycles. The molecule has 0 saturated heterocycles. The van der Waals surface area contributed by atoms with E-state index in [1.165, 1.54) is 172 Å². The summed E-state index contributed by atoms with van der Waals surface area (Å²) in [5.41, 5.74) is 12.3. The van der Waals surface area contributed by atoms with Crippen molar-refractivity contribution in [1.82, 2.24) is 17.5 Å². The molecular formula is C39H50N4S2. The van der Waals surface area contributed by atoms with E-state index in [1.54, 1.807) is 0 Å². The smallest absolute Gasteiger partial charge is 0.112 e. The maximum Gasteiger partial charge on any atom is 0.112 e. The Bertz CT molecular complexity index is 1650. The fourth-order valence-corrected chi connectivity index (χ4v) is 8.91. The van der Waals surface area contributed by atoms with E-state index in [2.05, 4.69) is 71.1 Å². The third-order valence-corrected chi connectivity index (χ3v) is 11.3. The van der Waals surface area contributed by atoms with Crippen LogP contribution in [0.5, 0.6) is 0 Å². The monoisotopic (exact) mass is 638 g/mol. The van der Waals surface area contributed by atoms with Crippen molar-refractivity contribution in [2.24, 2.45) is 0 Å². The van der Waals surface area contributed by atoms with Crippen LogP contribution in [0.2, 0.25) is 0 Å². The largest absolute Gasteiger partial charge is 0.173 e. The minimum Gasteiger partial charge on any atom is -0.173 e. The van der Waals surface area contributed by atoms with Gasteiger partial charge < -0.3 is 0 Å². The van der Waals surface area contributed by atoms with Gasteiger partial charge in [-0.15, -0.1) is 0 Å². The van der Waals surface area contributed by atoms with Crippen LogP contribution in [-0.2, 0) is 5.41 Å². The zero-order valence-electron chi connectivity index (χ0n) is 27.5. The van der Waals surface area contributed by atoms with Gasteiger partial charge in [-0.1, -0.05) is 147 Å². The molecule has 0 saturated carbocycles. The Kier molecular flexibility index (Phi) is 11.3. The van der Waals surface area contributed by atoms with Crippen LogP contribution in [0.15, 0.2) is 48.5 Å². The second-order valence-corrected chi connectivity index (χ2v) is 14.4. The summed E-state index contributed by atoms with van der Waals surface area (Å²) in [5.74, 6) is 0. The first kappa shape index (κ1) is 32.2. The number of rotatable bonds is 19. The number of aromatic nitrogens is 4. The topological polar surface area (TPSA) is 51.6 Å². The lowest BCUT2D eigenvalue weighted by atomic mass is 9.70. The van der Waals surface area contributed by atoms with Crippen molar-refractivity contribution in [3.8, 4) is 22.3 Å². The lowest BCUT2D eigenvalue weighted by Gasteiger charge is -2.33. The maximum absolute atomic E-state index is 4.87. The van der Waals surface area contributed by atoms with Gasteiger partial charge in [-0.25, -0.2) is 0 Å². The SMILES string of the molecule is CCCCCCCCCCC1(CCCCCCCCCC)c2cc(-c3cccc4nsnc34)ccc2-c2c1ccc1nsnc21. The Labute approximate surface area is 278 Å². The van der Waals surface area contributed by atoms with Crippen LogP contribution in [0.3, 0.4) is 0 Å². The third-order valence-electron chi connectivity index (χ3n) is 10.3. The molecule has 0 fully saturated rings. The Morgan fingerprint density at radius 1 is 0.511 bits per heavy atom. The number of fused-ring (bicyclic) bond motifs is 6. The highest BCUT2D eigenvalue weighted by molar-refractivity contribution is 7.00. The summed E-state index contributed by atoms with van der Waals surface area (Å²) >= 11 is 2.66. The minimum atomic E-state index is 0.0110. The van der Waals surface area contributed by atoms with Gasteiger partial charge in [0.25, 0.3) is 0 Å². The van der Waals surface area contributed by atoms with Crippen LogP contribution in [0, 0.1) is 0 Å². The average molecular weight is 639 g/mol. The number of hydrogen-bond acceptors (Lipinski definition) is 6. The van der Waals surface area contributed by atoms with E-state index in [1.807, 2.05) is 0 Å². The van der Waals surface area contributed by atoms with Crippen LogP contribution in [-0.4, -0.2) is 17.5 Å². The molecule has 0 unspecified atom stereocenters. The van der Waals surface area contributed by atoms with Gasteiger partial charge in [0, 0.05) is 16.5 Å². The van der Waals surface area contributed by atoms with Gasteiger partial charge in [0.05, 0.1) is 23.5 Å². The fourth-order valence-electron chi connectivity index (χ4n) is 7.82. The van der Waals surface area contributed by atoms with E-state index in [4.69, 9.17) is 8.75 Å². The Hall–Kier alpha value is -2.70. The fraction of sp³-hybridized carbons (Fsp3) is 0.538. The molecule has 2 aromatic heterocycles. The van der Waals surface area contributed by atoms with Crippen LogP contribution in [0.25, 0.3) is 44.3 Å². The van der Waals surface area contributed by atoms with E-state index < -0.39 is 0 Å². The van der Waals surface area contributed by atoms with Crippen LogP contribution >= 0.6 is 23.5 Å². The second-order valence-electron chi connectivity index (χ2n) is 13.3. The molecule has 1 aliphatic carbocycles. The van der Waals surface area contributed by atoms with Crippen molar-refractivity contribution < 1.29 is 0 Å². The van der Waals surface area contributed by atoms with Crippen LogP contribution < -0.4 is 0 Å². The van der Waals surface area contributed by atoms with Gasteiger partial charge in [0.2, 0.25) is 0 Å². The van der Waals surface area contributed by atoms with Gasteiger partial charge in [-0.2, -0.15) is 17.5 Å². The van der Waals surface area contributed by atoms with E-state index in [0.29, 0.717) is 0 Å². The van der Waals surface area contributed by atoms with Gasteiger partial charge >= 0.3 is 0 Å². The van der Waals surface area contributed by atoms with E-state index in [9.17, 15) is 0 Å². The first-order valence-corrected chi connectivity index (χ1v) is 19.3. The maximum atomic E-state index is 4.87. The molecule has 45 heavy (non-hydrogen) atoms. The molecule has 6 rings (SSSR count). The Balaban J connectivity index is 1.33. The lowest BCUT2D eigenvalue weighted by molar-refractivity contribution is 0.397. The summed E-state index contributed by atoms with van der Waals surface area (Å²) in [4.78, 5) is 0. The van der Waals surface area contributed by atoms with E-state index in [-0.39, 0.29) is 5.41 Å². The van der Waals surface area contributed by atoms with Crippen molar-refractivity contribution in [3.05, 3.63) is 59.7 Å². The van der Waals surface area contributed by atoms with Gasteiger partial charge in [0.15, 0.2) is 0 Å². The summed E-state index contributed by atoms with van der Waals surface area (Å²) in [5, 5.41) is 0. The number of benzene rings is 3. The average Bonchev–Trinajstić information content (AvgIpc) is 3.80. The Morgan fingerprint density at radius 3 is 1.73 bits per heavy atom. The van der Waals surface area contributed by atoms with Gasteiger partial charge in [-0.05, 0) is 53.3 Å². The minimum absolute atomic E-state index is 0.0110. The van der Waals surface area contributed by atoms with Crippen molar-refractivity contribution in [3.63, 3.8) is 0 Å². The summed E-state index contributed by atoms with van der Waals surface area (Å²) in [7, 11) is 0. The quantitative estimate of drug-likeness (QED) is 0.0844. The molecular weight excluding hydrogens is 589 g/mol.